The van der Waals surface area contributed by atoms with Crippen LogP contribution in [-0.4, -0.2) is 17.1 Å². The van der Waals surface area contributed by atoms with E-state index in [0.29, 0.717) is 18.0 Å². The molecule has 1 aromatic heterocycles. The second-order valence-electron chi connectivity index (χ2n) is 7.11. The summed E-state index contributed by atoms with van der Waals surface area (Å²) in [4.78, 5) is 4.51. The number of pyridine rings is 1. The number of hydrogen-bond acceptors (Lipinski definition) is 3. The molecule has 0 amide bonds. The van der Waals surface area contributed by atoms with Crippen molar-refractivity contribution in [3.8, 4) is 0 Å². The fraction of sp³-hybridized carbons (Fsp3) is 0.450. The Morgan fingerprint density at radius 3 is 2.38 bits per heavy atom. The molecule has 1 heterocycles. The van der Waals surface area contributed by atoms with Crippen molar-refractivity contribution in [3.63, 3.8) is 0 Å². The van der Waals surface area contributed by atoms with Gasteiger partial charge in [-0.15, -0.1) is 0 Å². The van der Waals surface area contributed by atoms with Crippen LogP contribution < -0.4 is 10.6 Å². The predicted octanol–water partition coefficient (Wildman–Crippen LogP) is 4.93. The molecule has 2 fully saturated rings. The SMILES string of the molecule is Fc1ccc(C2CCC(Nc3ccc(NC4CCC4)nc3)C2)cc1. The second-order valence-corrected chi connectivity index (χ2v) is 7.11. The lowest BCUT2D eigenvalue weighted by molar-refractivity contribution is 0.444. The first-order valence-corrected chi connectivity index (χ1v) is 9.01. The fourth-order valence-corrected chi connectivity index (χ4v) is 3.71. The van der Waals surface area contributed by atoms with Crippen molar-refractivity contribution in [1.82, 2.24) is 4.98 Å². The van der Waals surface area contributed by atoms with E-state index < -0.39 is 0 Å². The lowest BCUT2D eigenvalue weighted by atomic mass is 9.93. The molecule has 3 nitrogen and oxygen atoms in total. The third-order valence-corrected chi connectivity index (χ3v) is 5.37. The van der Waals surface area contributed by atoms with Crippen LogP contribution in [0, 0.1) is 5.82 Å². The van der Waals surface area contributed by atoms with E-state index >= 15 is 0 Å². The van der Waals surface area contributed by atoms with Gasteiger partial charge in [0.2, 0.25) is 0 Å². The van der Waals surface area contributed by atoms with Crippen molar-refractivity contribution >= 4 is 11.5 Å². The monoisotopic (exact) mass is 325 g/mol. The average Bonchev–Trinajstić information content (AvgIpc) is 3.02. The summed E-state index contributed by atoms with van der Waals surface area (Å²) in [5.41, 5.74) is 2.33. The van der Waals surface area contributed by atoms with Gasteiger partial charge in [-0.2, -0.15) is 0 Å². The van der Waals surface area contributed by atoms with Gasteiger partial charge >= 0.3 is 0 Å². The number of aromatic nitrogens is 1. The van der Waals surface area contributed by atoms with Crippen molar-refractivity contribution in [2.24, 2.45) is 0 Å². The largest absolute Gasteiger partial charge is 0.381 e. The van der Waals surface area contributed by atoms with Crippen LogP contribution in [0.5, 0.6) is 0 Å². The molecule has 2 atom stereocenters. The first-order valence-electron chi connectivity index (χ1n) is 9.01. The minimum absolute atomic E-state index is 0.159. The van der Waals surface area contributed by atoms with Gasteiger partial charge in [-0.25, -0.2) is 9.37 Å². The van der Waals surface area contributed by atoms with Gasteiger partial charge in [0, 0.05) is 12.1 Å². The van der Waals surface area contributed by atoms with E-state index in [1.54, 1.807) is 12.1 Å². The third kappa shape index (κ3) is 3.53. The van der Waals surface area contributed by atoms with Gasteiger partial charge in [-0.1, -0.05) is 12.1 Å². The average molecular weight is 325 g/mol. The molecular formula is C20H24FN3. The van der Waals surface area contributed by atoms with Crippen LogP contribution in [0.4, 0.5) is 15.9 Å². The van der Waals surface area contributed by atoms with Gasteiger partial charge in [-0.05, 0) is 74.3 Å². The van der Waals surface area contributed by atoms with Crippen molar-refractivity contribution in [2.45, 2.75) is 56.5 Å². The minimum Gasteiger partial charge on any atom is -0.381 e. The van der Waals surface area contributed by atoms with Gasteiger partial charge < -0.3 is 10.6 Å². The van der Waals surface area contributed by atoms with E-state index in [4.69, 9.17) is 0 Å². The highest BCUT2D eigenvalue weighted by molar-refractivity contribution is 5.48. The topological polar surface area (TPSA) is 37.0 Å². The number of halogens is 1. The molecule has 126 valence electrons. The van der Waals surface area contributed by atoms with Crippen LogP contribution in [-0.2, 0) is 0 Å². The van der Waals surface area contributed by atoms with E-state index in [2.05, 4.69) is 27.8 Å². The van der Waals surface area contributed by atoms with Gasteiger partial charge in [0.25, 0.3) is 0 Å². The molecule has 0 radical (unpaired) electrons. The summed E-state index contributed by atoms with van der Waals surface area (Å²) in [6.45, 7) is 0. The molecule has 0 saturated heterocycles. The molecule has 4 rings (SSSR count). The lowest BCUT2D eigenvalue weighted by Gasteiger charge is -2.27. The summed E-state index contributed by atoms with van der Waals surface area (Å²) in [6, 6.07) is 12.2. The Morgan fingerprint density at radius 1 is 0.875 bits per heavy atom. The summed E-state index contributed by atoms with van der Waals surface area (Å²) in [5.74, 6) is 1.34. The van der Waals surface area contributed by atoms with Gasteiger partial charge in [-0.3, -0.25) is 0 Å². The van der Waals surface area contributed by atoms with Crippen molar-refractivity contribution < 1.29 is 4.39 Å². The second kappa shape index (κ2) is 6.80. The molecule has 0 spiro atoms. The van der Waals surface area contributed by atoms with E-state index in [1.807, 2.05) is 18.3 Å². The standard InChI is InChI=1S/C20H24FN3/c21-16-7-4-14(5-8-16)15-6-9-18(12-15)23-19-10-11-20(22-13-19)24-17-2-1-3-17/h4-5,7-8,10-11,13,15,17-18,23H,1-3,6,9,12H2,(H,22,24). The Hall–Kier alpha value is -2.10. The summed E-state index contributed by atoms with van der Waals surface area (Å²) in [6.07, 6.45) is 9.15. The van der Waals surface area contributed by atoms with E-state index in [0.717, 1.165) is 30.8 Å². The molecule has 2 unspecified atom stereocenters. The molecule has 4 heteroatoms. The molecule has 0 aliphatic heterocycles. The first kappa shape index (κ1) is 15.4. The first-order chi connectivity index (χ1) is 11.8. The Bertz CT molecular complexity index is 664. The van der Waals surface area contributed by atoms with E-state index in [9.17, 15) is 4.39 Å². The molecule has 2 N–H and O–H groups in total. The summed E-state index contributed by atoms with van der Waals surface area (Å²) in [7, 11) is 0. The zero-order valence-corrected chi connectivity index (χ0v) is 13.8. The zero-order valence-electron chi connectivity index (χ0n) is 13.8. The van der Waals surface area contributed by atoms with Crippen molar-refractivity contribution in [2.75, 3.05) is 10.6 Å². The van der Waals surface area contributed by atoms with Crippen LogP contribution in [0.1, 0.15) is 50.0 Å². The number of benzene rings is 1. The number of nitrogens with zero attached hydrogens (tertiary/aromatic N) is 1. The highest BCUT2D eigenvalue weighted by Crippen LogP contribution is 2.36. The third-order valence-electron chi connectivity index (χ3n) is 5.37. The van der Waals surface area contributed by atoms with Crippen molar-refractivity contribution in [3.05, 3.63) is 54.0 Å². The predicted molar refractivity (Wildman–Crippen MR) is 95.9 cm³/mol. The Morgan fingerprint density at radius 2 is 1.71 bits per heavy atom. The van der Waals surface area contributed by atoms with Gasteiger partial charge in [0.1, 0.15) is 11.6 Å². The highest BCUT2D eigenvalue weighted by Gasteiger charge is 2.26. The van der Waals surface area contributed by atoms with E-state index in [-0.39, 0.29) is 5.82 Å². The van der Waals surface area contributed by atoms with Crippen LogP contribution >= 0.6 is 0 Å². The molecule has 2 aromatic rings. The number of rotatable bonds is 5. The number of anilines is 2. The van der Waals surface area contributed by atoms with Crippen LogP contribution in [0.3, 0.4) is 0 Å². The molecule has 2 aliphatic rings. The molecule has 2 aliphatic carbocycles. The zero-order chi connectivity index (χ0) is 16.4. The number of nitrogens with one attached hydrogen (secondary N) is 2. The molecule has 24 heavy (non-hydrogen) atoms. The van der Waals surface area contributed by atoms with Crippen LogP contribution in [0.15, 0.2) is 42.6 Å². The maximum atomic E-state index is 13.1. The summed E-state index contributed by atoms with van der Waals surface area (Å²) >= 11 is 0. The number of hydrogen-bond donors (Lipinski definition) is 2. The van der Waals surface area contributed by atoms with Crippen molar-refractivity contribution in [1.29, 1.82) is 0 Å². The highest BCUT2D eigenvalue weighted by atomic mass is 19.1. The maximum Gasteiger partial charge on any atom is 0.126 e. The molecule has 0 bridgehead atoms. The quantitative estimate of drug-likeness (QED) is 0.818. The Balaban J connectivity index is 1.31. The molecular weight excluding hydrogens is 301 g/mol. The van der Waals surface area contributed by atoms with Crippen LogP contribution in [0.2, 0.25) is 0 Å². The summed E-state index contributed by atoms with van der Waals surface area (Å²) in [5, 5.41) is 7.06. The molecule has 1 aromatic carbocycles. The Kier molecular flexibility index (Phi) is 4.37. The van der Waals surface area contributed by atoms with Gasteiger partial charge in [0.15, 0.2) is 0 Å². The normalized spacial score (nSPS) is 23.7. The molecule has 2 saturated carbocycles. The van der Waals surface area contributed by atoms with E-state index in [1.165, 1.54) is 24.8 Å². The van der Waals surface area contributed by atoms with Gasteiger partial charge in [0.05, 0.1) is 11.9 Å². The Labute approximate surface area is 142 Å². The minimum atomic E-state index is -0.159. The summed E-state index contributed by atoms with van der Waals surface area (Å²) < 4.78 is 13.1. The fourth-order valence-electron chi connectivity index (χ4n) is 3.71. The van der Waals surface area contributed by atoms with Crippen LogP contribution in [0.25, 0.3) is 0 Å². The smallest absolute Gasteiger partial charge is 0.126 e. The lowest BCUT2D eigenvalue weighted by Crippen LogP contribution is -2.27. The maximum absolute atomic E-state index is 13.1.